The predicted molar refractivity (Wildman–Crippen MR) is 62.7 cm³/mol. The van der Waals surface area contributed by atoms with Crippen molar-refractivity contribution in [2.75, 3.05) is 5.75 Å². The number of nitro benzene ring substituents is 1. The fourth-order valence-corrected chi connectivity index (χ4v) is 3.04. The van der Waals surface area contributed by atoms with E-state index >= 15 is 0 Å². The molecule has 0 fully saturated rings. The highest BCUT2D eigenvalue weighted by molar-refractivity contribution is 7.98. The van der Waals surface area contributed by atoms with Crippen LogP contribution in [0.5, 0.6) is 0 Å². The van der Waals surface area contributed by atoms with Gasteiger partial charge in [-0.25, -0.2) is 0 Å². The van der Waals surface area contributed by atoms with Crippen LogP contribution in [0.1, 0.15) is 11.3 Å². The van der Waals surface area contributed by atoms with Gasteiger partial charge in [0.05, 0.1) is 4.92 Å². The minimum absolute atomic E-state index is 0.0666. The maximum absolute atomic E-state index is 10.9. The first-order valence-electron chi connectivity index (χ1n) is 5.03. The molecule has 1 aromatic carbocycles. The normalized spacial score (nSPS) is 15.0. The fraction of sp³-hybridized carbons (Fsp3) is 0.273. The number of fused-ring (bicyclic) bond motifs is 3. The molecule has 0 N–H and O–H groups in total. The number of hydrogen-bond donors (Lipinski definition) is 0. The summed E-state index contributed by atoms with van der Waals surface area (Å²) in [6.07, 6.45) is 0.867. The van der Waals surface area contributed by atoms with Gasteiger partial charge in [-0.1, -0.05) is 12.1 Å². The number of furan rings is 1. The molecule has 0 bridgehead atoms. The lowest BCUT2D eigenvalue weighted by molar-refractivity contribution is -0.383. The average molecular weight is 235 g/mol. The molecule has 1 aliphatic rings. The van der Waals surface area contributed by atoms with Crippen molar-refractivity contribution in [2.45, 2.75) is 12.2 Å². The highest BCUT2D eigenvalue weighted by atomic mass is 32.2. The third-order valence-corrected chi connectivity index (χ3v) is 3.78. The second-order valence-electron chi connectivity index (χ2n) is 3.72. The van der Waals surface area contributed by atoms with Gasteiger partial charge in [0.1, 0.15) is 5.76 Å². The Hall–Kier alpha value is -1.49. The van der Waals surface area contributed by atoms with Crippen molar-refractivity contribution in [3.05, 3.63) is 39.6 Å². The van der Waals surface area contributed by atoms with Crippen LogP contribution in [0.2, 0.25) is 0 Å². The summed E-state index contributed by atoms with van der Waals surface area (Å²) in [5.74, 6) is 2.84. The number of aryl methyl sites for hydroxylation is 1. The van der Waals surface area contributed by atoms with Gasteiger partial charge in [0.25, 0.3) is 0 Å². The number of rotatable bonds is 1. The lowest BCUT2D eigenvalue weighted by atomic mass is 10.1. The zero-order valence-electron chi connectivity index (χ0n) is 8.43. The van der Waals surface area contributed by atoms with E-state index in [-0.39, 0.29) is 10.6 Å². The zero-order chi connectivity index (χ0) is 11.1. The zero-order valence-corrected chi connectivity index (χ0v) is 9.25. The maximum atomic E-state index is 10.9. The van der Waals surface area contributed by atoms with Gasteiger partial charge in [-0.05, 0) is 0 Å². The third-order valence-electron chi connectivity index (χ3n) is 2.80. The molecule has 0 aliphatic carbocycles. The first kappa shape index (κ1) is 9.72. The van der Waals surface area contributed by atoms with Gasteiger partial charge in [0.2, 0.25) is 5.58 Å². The van der Waals surface area contributed by atoms with Crippen LogP contribution in [0.25, 0.3) is 11.0 Å². The first-order valence-corrected chi connectivity index (χ1v) is 6.18. The Kier molecular flexibility index (Phi) is 2.14. The van der Waals surface area contributed by atoms with Crippen molar-refractivity contribution < 1.29 is 9.34 Å². The van der Waals surface area contributed by atoms with Crippen molar-refractivity contribution >= 4 is 28.4 Å². The SMILES string of the molecule is O=[N+]([O-])c1cccc2c3c(oc12)CCSC3. The molecule has 2 heterocycles. The lowest BCUT2D eigenvalue weighted by Crippen LogP contribution is -1.98. The highest BCUT2D eigenvalue weighted by Gasteiger charge is 2.23. The Morgan fingerprint density at radius 3 is 3.12 bits per heavy atom. The van der Waals surface area contributed by atoms with Crippen LogP contribution in [0.3, 0.4) is 0 Å². The maximum Gasteiger partial charge on any atom is 0.312 e. The third kappa shape index (κ3) is 1.31. The largest absolute Gasteiger partial charge is 0.453 e. The molecule has 3 rings (SSSR count). The average Bonchev–Trinajstić information content (AvgIpc) is 2.67. The first-order chi connectivity index (χ1) is 7.77. The minimum atomic E-state index is -0.384. The summed E-state index contributed by atoms with van der Waals surface area (Å²) >= 11 is 1.84. The van der Waals surface area contributed by atoms with Crippen LogP contribution >= 0.6 is 11.8 Å². The molecule has 0 spiro atoms. The lowest BCUT2D eigenvalue weighted by Gasteiger charge is -2.08. The standard InChI is InChI=1S/C11H9NO3S/c13-12(14)9-3-1-2-7-8-6-16-5-4-10(8)15-11(7)9/h1-3H,4-6H2. The van der Waals surface area contributed by atoms with Crippen LogP contribution in [-0.4, -0.2) is 10.7 Å². The van der Waals surface area contributed by atoms with E-state index in [1.54, 1.807) is 6.07 Å². The van der Waals surface area contributed by atoms with Crippen molar-refractivity contribution in [3.63, 3.8) is 0 Å². The van der Waals surface area contributed by atoms with E-state index in [9.17, 15) is 10.1 Å². The molecular weight excluding hydrogens is 226 g/mol. The number of nitro groups is 1. The van der Waals surface area contributed by atoms with Crippen LogP contribution in [0, 0.1) is 10.1 Å². The number of thioether (sulfide) groups is 1. The molecule has 0 atom stereocenters. The van der Waals surface area contributed by atoms with Gasteiger partial charge in [0, 0.05) is 34.9 Å². The number of benzene rings is 1. The van der Waals surface area contributed by atoms with Crippen LogP contribution < -0.4 is 0 Å². The molecule has 5 heteroatoms. The molecule has 1 aromatic heterocycles. The minimum Gasteiger partial charge on any atom is -0.453 e. The van der Waals surface area contributed by atoms with Crippen LogP contribution in [0.15, 0.2) is 22.6 Å². The van der Waals surface area contributed by atoms with Crippen LogP contribution in [0.4, 0.5) is 5.69 Å². The van der Waals surface area contributed by atoms with Gasteiger partial charge >= 0.3 is 5.69 Å². The topological polar surface area (TPSA) is 56.3 Å². The summed E-state index contributed by atoms with van der Waals surface area (Å²) in [6.45, 7) is 0. The smallest absolute Gasteiger partial charge is 0.312 e. The Labute approximate surface area is 95.8 Å². The van der Waals surface area contributed by atoms with E-state index in [0.29, 0.717) is 5.58 Å². The summed E-state index contributed by atoms with van der Waals surface area (Å²) in [5.41, 5.74) is 1.63. The second-order valence-corrected chi connectivity index (χ2v) is 4.82. The van der Waals surface area contributed by atoms with E-state index in [4.69, 9.17) is 4.42 Å². The van der Waals surface area contributed by atoms with E-state index in [0.717, 1.165) is 34.6 Å². The number of non-ortho nitro benzene ring substituents is 1. The molecule has 2 aromatic rings. The van der Waals surface area contributed by atoms with Crippen LogP contribution in [-0.2, 0) is 12.2 Å². The molecule has 0 amide bonds. The van der Waals surface area contributed by atoms with Gasteiger partial charge in [-0.3, -0.25) is 10.1 Å². The summed E-state index contributed by atoms with van der Waals surface area (Å²) < 4.78 is 5.63. The van der Waals surface area contributed by atoms with Crippen molar-refractivity contribution in [1.82, 2.24) is 0 Å². The summed E-state index contributed by atoms with van der Waals surface area (Å²) in [7, 11) is 0. The summed E-state index contributed by atoms with van der Waals surface area (Å²) in [4.78, 5) is 10.5. The van der Waals surface area contributed by atoms with Gasteiger partial charge < -0.3 is 4.42 Å². The molecule has 0 unspecified atom stereocenters. The Morgan fingerprint density at radius 1 is 1.44 bits per heavy atom. The molecule has 0 saturated heterocycles. The van der Waals surface area contributed by atoms with E-state index < -0.39 is 0 Å². The quantitative estimate of drug-likeness (QED) is 0.563. The molecule has 0 radical (unpaired) electrons. The molecular formula is C11H9NO3S. The molecule has 0 saturated carbocycles. The Balaban J connectivity index is 2.33. The monoisotopic (exact) mass is 235 g/mol. The predicted octanol–water partition coefficient (Wildman–Crippen LogP) is 3.13. The Morgan fingerprint density at radius 2 is 2.31 bits per heavy atom. The van der Waals surface area contributed by atoms with Crippen molar-refractivity contribution in [1.29, 1.82) is 0 Å². The molecule has 1 aliphatic heterocycles. The molecule has 4 nitrogen and oxygen atoms in total. The van der Waals surface area contributed by atoms with E-state index in [1.165, 1.54) is 6.07 Å². The highest BCUT2D eigenvalue weighted by Crippen LogP contribution is 2.37. The summed E-state index contributed by atoms with van der Waals surface area (Å²) in [6, 6.07) is 5.11. The Bertz CT molecular complexity index is 576. The van der Waals surface area contributed by atoms with Crippen molar-refractivity contribution in [2.24, 2.45) is 0 Å². The van der Waals surface area contributed by atoms with Crippen molar-refractivity contribution in [3.8, 4) is 0 Å². The van der Waals surface area contributed by atoms with Gasteiger partial charge in [0.15, 0.2) is 0 Å². The van der Waals surface area contributed by atoms with Gasteiger partial charge in [-0.2, -0.15) is 11.8 Å². The number of hydrogen-bond acceptors (Lipinski definition) is 4. The van der Waals surface area contributed by atoms with Gasteiger partial charge in [-0.15, -0.1) is 0 Å². The fourth-order valence-electron chi connectivity index (χ4n) is 2.05. The number of para-hydroxylation sites is 1. The second kappa shape index (κ2) is 3.52. The molecule has 16 heavy (non-hydrogen) atoms. The number of nitrogens with zero attached hydrogens (tertiary/aromatic N) is 1. The molecule has 82 valence electrons. The van der Waals surface area contributed by atoms with E-state index in [1.807, 2.05) is 17.8 Å². The summed E-state index contributed by atoms with van der Waals surface area (Å²) in [5, 5.41) is 11.8. The van der Waals surface area contributed by atoms with E-state index in [2.05, 4.69) is 0 Å².